The number of rotatable bonds is 6. The third-order valence-electron chi connectivity index (χ3n) is 5.24. The summed E-state index contributed by atoms with van der Waals surface area (Å²) >= 11 is 0. The molecule has 0 aliphatic carbocycles. The van der Waals surface area contributed by atoms with E-state index in [2.05, 4.69) is 56.4 Å². The standard InChI is InChI=1S/C22H24N4O2/c1-27-22(21-24-20(25-28-21)19-11-5-6-14-23-19)12-16-26(17-13-22)15-7-10-18-8-3-2-4-9-18/h2-11,14H,12-13,15-17H2,1H3/b10-7+. The van der Waals surface area contributed by atoms with E-state index in [1.54, 1.807) is 13.3 Å². The Morgan fingerprint density at radius 1 is 1.11 bits per heavy atom. The van der Waals surface area contributed by atoms with Crippen molar-refractivity contribution in [3.8, 4) is 11.5 Å². The first-order chi connectivity index (χ1) is 13.8. The molecule has 0 amide bonds. The van der Waals surface area contributed by atoms with Gasteiger partial charge in [0.25, 0.3) is 5.89 Å². The average Bonchev–Trinajstić information content (AvgIpc) is 3.27. The van der Waals surface area contributed by atoms with Gasteiger partial charge in [-0.2, -0.15) is 4.98 Å². The maximum Gasteiger partial charge on any atom is 0.259 e. The minimum Gasteiger partial charge on any atom is -0.368 e. The number of benzene rings is 1. The van der Waals surface area contributed by atoms with Crippen LogP contribution < -0.4 is 0 Å². The Bertz CT molecular complexity index is 901. The summed E-state index contributed by atoms with van der Waals surface area (Å²) in [5, 5.41) is 4.10. The first-order valence-corrected chi connectivity index (χ1v) is 9.54. The molecule has 0 unspecified atom stereocenters. The first-order valence-electron chi connectivity index (χ1n) is 9.54. The second-order valence-electron chi connectivity index (χ2n) is 6.95. The van der Waals surface area contributed by atoms with E-state index in [-0.39, 0.29) is 0 Å². The molecule has 0 bridgehead atoms. The molecule has 2 aromatic heterocycles. The lowest BCUT2D eigenvalue weighted by molar-refractivity contribution is -0.0812. The summed E-state index contributed by atoms with van der Waals surface area (Å²) in [4.78, 5) is 11.3. The van der Waals surface area contributed by atoms with E-state index in [0.717, 1.165) is 32.5 Å². The second-order valence-corrected chi connectivity index (χ2v) is 6.95. The zero-order valence-corrected chi connectivity index (χ0v) is 16.0. The van der Waals surface area contributed by atoms with Gasteiger partial charge in [0.1, 0.15) is 11.3 Å². The topological polar surface area (TPSA) is 64.3 Å². The minimum absolute atomic E-state index is 0.500. The molecule has 6 nitrogen and oxygen atoms in total. The smallest absolute Gasteiger partial charge is 0.259 e. The van der Waals surface area contributed by atoms with Crippen LogP contribution in [0.15, 0.2) is 65.3 Å². The molecular formula is C22H24N4O2. The molecule has 6 heteroatoms. The van der Waals surface area contributed by atoms with Crippen LogP contribution in [-0.4, -0.2) is 46.8 Å². The highest BCUT2D eigenvalue weighted by molar-refractivity contribution is 5.49. The lowest BCUT2D eigenvalue weighted by atomic mass is 9.91. The van der Waals surface area contributed by atoms with Crippen molar-refractivity contribution >= 4 is 6.08 Å². The maximum atomic E-state index is 5.87. The van der Waals surface area contributed by atoms with Crippen molar-refractivity contribution in [1.29, 1.82) is 0 Å². The normalized spacial score (nSPS) is 17.2. The molecule has 28 heavy (non-hydrogen) atoms. The zero-order valence-electron chi connectivity index (χ0n) is 16.0. The van der Waals surface area contributed by atoms with E-state index in [0.29, 0.717) is 17.4 Å². The van der Waals surface area contributed by atoms with Crippen molar-refractivity contribution in [2.45, 2.75) is 18.4 Å². The van der Waals surface area contributed by atoms with E-state index in [9.17, 15) is 0 Å². The second kappa shape index (κ2) is 8.46. The molecule has 1 aromatic carbocycles. The molecule has 1 aliphatic rings. The Morgan fingerprint density at radius 2 is 1.89 bits per heavy atom. The van der Waals surface area contributed by atoms with Crippen LogP contribution in [-0.2, 0) is 10.3 Å². The molecule has 0 radical (unpaired) electrons. The number of nitrogens with zero attached hydrogens (tertiary/aromatic N) is 4. The van der Waals surface area contributed by atoms with Gasteiger partial charge in [-0.3, -0.25) is 9.88 Å². The van der Waals surface area contributed by atoms with Crippen molar-refractivity contribution in [3.05, 3.63) is 72.3 Å². The van der Waals surface area contributed by atoms with Crippen molar-refractivity contribution < 1.29 is 9.26 Å². The summed E-state index contributed by atoms with van der Waals surface area (Å²) in [6.45, 7) is 2.74. The summed E-state index contributed by atoms with van der Waals surface area (Å²) < 4.78 is 11.4. The molecule has 4 rings (SSSR count). The van der Waals surface area contributed by atoms with Gasteiger partial charge >= 0.3 is 0 Å². The Labute approximate surface area is 164 Å². The van der Waals surface area contributed by atoms with Crippen LogP contribution in [0.4, 0.5) is 0 Å². The number of hydrogen-bond donors (Lipinski definition) is 0. The van der Waals surface area contributed by atoms with Gasteiger partial charge in [0.2, 0.25) is 5.82 Å². The summed E-state index contributed by atoms with van der Waals surface area (Å²) in [5.41, 5.74) is 1.39. The third kappa shape index (κ3) is 4.03. The summed E-state index contributed by atoms with van der Waals surface area (Å²) in [5.74, 6) is 1.04. The fourth-order valence-corrected chi connectivity index (χ4v) is 3.51. The van der Waals surface area contributed by atoms with Crippen molar-refractivity contribution in [2.24, 2.45) is 0 Å². The Morgan fingerprint density at radius 3 is 2.61 bits per heavy atom. The number of methoxy groups -OCH3 is 1. The molecule has 1 aliphatic heterocycles. The van der Waals surface area contributed by atoms with Gasteiger partial charge in [0.15, 0.2) is 0 Å². The van der Waals surface area contributed by atoms with Gasteiger partial charge in [-0.25, -0.2) is 0 Å². The molecule has 0 atom stereocenters. The highest BCUT2D eigenvalue weighted by Gasteiger charge is 2.41. The number of pyridine rings is 1. The van der Waals surface area contributed by atoms with Crippen LogP contribution in [0.2, 0.25) is 0 Å². The SMILES string of the molecule is COC1(c2nc(-c3ccccn3)no2)CCN(C/C=C/c2ccccc2)CC1. The van der Waals surface area contributed by atoms with Crippen LogP contribution in [0, 0.1) is 0 Å². The zero-order chi connectivity index (χ0) is 19.2. The van der Waals surface area contributed by atoms with E-state index in [1.807, 2.05) is 24.3 Å². The fraction of sp³-hybridized carbons (Fsp3) is 0.318. The van der Waals surface area contributed by atoms with Crippen LogP contribution >= 0.6 is 0 Å². The van der Waals surface area contributed by atoms with Gasteiger partial charge in [-0.15, -0.1) is 0 Å². The number of likely N-dealkylation sites (tertiary alicyclic amines) is 1. The molecule has 0 spiro atoms. The molecule has 0 N–H and O–H groups in total. The third-order valence-corrected chi connectivity index (χ3v) is 5.24. The van der Waals surface area contributed by atoms with Gasteiger partial charge in [-0.05, 0) is 30.5 Å². The van der Waals surface area contributed by atoms with E-state index in [4.69, 9.17) is 9.26 Å². The van der Waals surface area contributed by atoms with Gasteiger partial charge in [0, 0.05) is 32.9 Å². The van der Waals surface area contributed by atoms with Crippen molar-refractivity contribution in [3.63, 3.8) is 0 Å². The lowest BCUT2D eigenvalue weighted by Crippen LogP contribution is -2.44. The van der Waals surface area contributed by atoms with E-state index in [1.165, 1.54) is 5.56 Å². The predicted octanol–water partition coefficient (Wildman–Crippen LogP) is 3.78. The maximum absolute atomic E-state index is 5.87. The number of ether oxygens (including phenoxy) is 1. The first kappa shape index (κ1) is 18.5. The fourth-order valence-electron chi connectivity index (χ4n) is 3.51. The Kier molecular flexibility index (Phi) is 5.60. The largest absolute Gasteiger partial charge is 0.368 e. The Hall–Kier alpha value is -2.83. The average molecular weight is 376 g/mol. The quantitative estimate of drug-likeness (QED) is 0.652. The molecule has 0 saturated carbocycles. The summed E-state index contributed by atoms with van der Waals surface area (Å²) in [6, 6.07) is 16.0. The van der Waals surface area contributed by atoms with Crippen molar-refractivity contribution in [1.82, 2.24) is 20.0 Å². The summed E-state index contributed by atoms with van der Waals surface area (Å²) in [6.07, 6.45) is 7.72. The lowest BCUT2D eigenvalue weighted by Gasteiger charge is -2.37. The summed E-state index contributed by atoms with van der Waals surface area (Å²) in [7, 11) is 1.72. The van der Waals surface area contributed by atoms with Crippen LogP contribution in [0.3, 0.4) is 0 Å². The van der Waals surface area contributed by atoms with Gasteiger partial charge < -0.3 is 9.26 Å². The predicted molar refractivity (Wildman–Crippen MR) is 107 cm³/mol. The molecule has 1 saturated heterocycles. The minimum atomic E-state index is -0.528. The number of piperidine rings is 1. The van der Waals surface area contributed by atoms with Crippen LogP contribution in [0.1, 0.15) is 24.3 Å². The van der Waals surface area contributed by atoms with E-state index < -0.39 is 5.60 Å². The molecule has 144 valence electrons. The van der Waals surface area contributed by atoms with Crippen LogP contribution in [0.5, 0.6) is 0 Å². The van der Waals surface area contributed by atoms with Crippen molar-refractivity contribution in [2.75, 3.05) is 26.7 Å². The Balaban J connectivity index is 1.39. The number of hydrogen-bond acceptors (Lipinski definition) is 6. The monoisotopic (exact) mass is 376 g/mol. The molecule has 1 fully saturated rings. The highest BCUT2D eigenvalue weighted by atomic mass is 16.5. The highest BCUT2D eigenvalue weighted by Crippen LogP contribution is 2.36. The molecular weight excluding hydrogens is 352 g/mol. The van der Waals surface area contributed by atoms with Gasteiger partial charge in [0.05, 0.1) is 0 Å². The van der Waals surface area contributed by atoms with E-state index >= 15 is 0 Å². The molecule has 3 aromatic rings. The molecule has 3 heterocycles. The van der Waals surface area contributed by atoms with Crippen LogP contribution in [0.25, 0.3) is 17.6 Å². The number of aromatic nitrogens is 3. The van der Waals surface area contributed by atoms with Gasteiger partial charge in [-0.1, -0.05) is 53.7 Å².